The van der Waals surface area contributed by atoms with Crippen LogP contribution >= 0.6 is 0 Å². The number of nitrogens with zero attached hydrogens (tertiary/aromatic N) is 1. The minimum Gasteiger partial charge on any atom is -0.478 e. The van der Waals surface area contributed by atoms with Gasteiger partial charge < -0.3 is 19.9 Å². The molecule has 1 aromatic carbocycles. The van der Waals surface area contributed by atoms with E-state index in [1.54, 1.807) is 6.07 Å². The summed E-state index contributed by atoms with van der Waals surface area (Å²) >= 11 is 0. The van der Waals surface area contributed by atoms with E-state index in [0.29, 0.717) is 24.9 Å². The molecule has 21 heavy (non-hydrogen) atoms. The molecule has 0 atom stereocenters. The van der Waals surface area contributed by atoms with Crippen LogP contribution in [-0.2, 0) is 13.0 Å². The van der Waals surface area contributed by atoms with Gasteiger partial charge >= 0.3 is 5.97 Å². The Hall–Kier alpha value is -1.85. The van der Waals surface area contributed by atoms with Crippen LogP contribution in [0.4, 0.5) is 0 Å². The molecule has 1 aromatic heterocycles. The zero-order valence-corrected chi connectivity index (χ0v) is 12.4. The van der Waals surface area contributed by atoms with Crippen molar-refractivity contribution in [1.82, 2.24) is 4.57 Å². The Morgan fingerprint density at radius 3 is 2.52 bits per heavy atom. The third-order valence-corrected chi connectivity index (χ3v) is 3.85. The molecule has 0 saturated heterocycles. The average molecular weight is 291 g/mol. The molecule has 0 aliphatic heterocycles. The molecule has 0 amide bonds. The molecule has 0 unspecified atom stereocenters. The minimum atomic E-state index is -0.930. The Kier molecular flexibility index (Phi) is 4.65. The summed E-state index contributed by atoms with van der Waals surface area (Å²) in [6, 6.07) is 1.68. The molecule has 0 radical (unpaired) electrons. The third-order valence-electron chi connectivity index (χ3n) is 3.85. The van der Waals surface area contributed by atoms with Crippen molar-refractivity contribution in [1.29, 1.82) is 0 Å². The fraction of sp³-hybridized carbons (Fsp3) is 0.438. The van der Waals surface area contributed by atoms with Gasteiger partial charge in [-0.1, -0.05) is 0 Å². The number of aryl methyl sites for hydroxylation is 3. The number of carboxylic acids is 1. The fourth-order valence-corrected chi connectivity index (χ4v) is 2.95. The molecule has 0 aliphatic rings. The van der Waals surface area contributed by atoms with E-state index in [1.165, 1.54) is 0 Å². The average Bonchev–Trinajstić information content (AvgIpc) is 2.80. The lowest BCUT2D eigenvalue weighted by Crippen LogP contribution is -2.04. The standard InChI is InChI=1S/C16H21NO4/c1-10-8-13(16(20)21)11(2)14-12(4-3-6-18)9-17(5-7-19)15(10)14/h8-9,18-19H,3-7H2,1-2H3,(H,20,21). The first-order valence-corrected chi connectivity index (χ1v) is 7.08. The van der Waals surface area contributed by atoms with Gasteiger partial charge in [-0.05, 0) is 49.4 Å². The van der Waals surface area contributed by atoms with Crippen molar-refractivity contribution < 1.29 is 20.1 Å². The number of aromatic carboxylic acids is 1. The van der Waals surface area contributed by atoms with E-state index in [4.69, 9.17) is 5.11 Å². The number of hydrogen-bond donors (Lipinski definition) is 3. The van der Waals surface area contributed by atoms with Crippen LogP contribution in [0.2, 0.25) is 0 Å². The van der Waals surface area contributed by atoms with Gasteiger partial charge in [0.25, 0.3) is 0 Å². The fourth-order valence-electron chi connectivity index (χ4n) is 2.95. The number of fused-ring (bicyclic) bond motifs is 1. The van der Waals surface area contributed by atoms with Gasteiger partial charge in [0.05, 0.1) is 17.7 Å². The van der Waals surface area contributed by atoms with Crippen LogP contribution in [0.5, 0.6) is 0 Å². The molecule has 0 saturated carbocycles. The maximum absolute atomic E-state index is 11.4. The Bertz CT molecular complexity index is 673. The van der Waals surface area contributed by atoms with Gasteiger partial charge in [-0.3, -0.25) is 0 Å². The lowest BCUT2D eigenvalue weighted by atomic mass is 9.97. The summed E-state index contributed by atoms with van der Waals surface area (Å²) in [6.45, 7) is 4.31. The van der Waals surface area contributed by atoms with E-state index in [9.17, 15) is 15.0 Å². The van der Waals surface area contributed by atoms with Crippen molar-refractivity contribution >= 4 is 16.9 Å². The summed E-state index contributed by atoms with van der Waals surface area (Å²) in [5.74, 6) is -0.930. The predicted octanol–water partition coefficient (Wildman–Crippen LogP) is 1.87. The van der Waals surface area contributed by atoms with Crippen LogP contribution in [0.1, 0.15) is 33.5 Å². The van der Waals surface area contributed by atoms with Gasteiger partial charge in [0.15, 0.2) is 0 Å². The maximum Gasteiger partial charge on any atom is 0.335 e. The summed E-state index contributed by atoms with van der Waals surface area (Å²) in [7, 11) is 0. The number of aliphatic hydroxyl groups excluding tert-OH is 2. The van der Waals surface area contributed by atoms with Crippen molar-refractivity contribution in [3.05, 3.63) is 34.5 Å². The maximum atomic E-state index is 11.4. The van der Waals surface area contributed by atoms with Crippen LogP contribution in [-0.4, -0.2) is 39.1 Å². The number of hydrogen-bond acceptors (Lipinski definition) is 3. The number of rotatable bonds is 6. The van der Waals surface area contributed by atoms with Crippen molar-refractivity contribution in [3.63, 3.8) is 0 Å². The number of aliphatic hydroxyl groups is 2. The highest BCUT2D eigenvalue weighted by molar-refractivity contribution is 5.99. The summed E-state index contributed by atoms with van der Waals surface area (Å²) in [5.41, 5.74) is 3.94. The zero-order chi connectivity index (χ0) is 15.6. The number of benzene rings is 1. The summed E-state index contributed by atoms with van der Waals surface area (Å²) in [4.78, 5) is 11.4. The van der Waals surface area contributed by atoms with E-state index in [-0.39, 0.29) is 13.2 Å². The molecule has 1 heterocycles. The highest BCUT2D eigenvalue weighted by Gasteiger charge is 2.18. The predicted molar refractivity (Wildman–Crippen MR) is 80.9 cm³/mol. The van der Waals surface area contributed by atoms with Crippen LogP contribution in [0.3, 0.4) is 0 Å². The topological polar surface area (TPSA) is 82.7 Å². The summed E-state index contributed by atoms with van der Waals surface area (Å²) in [5, 5.41) is 28.5. The Balaban J connectivity index is 2.74. The molecule has 5 nitrogen and oxygen atoms in total. The molecule has 0 bridgehead atoms. The second-order valence-corrected chi connectivity index (χ2v) is 5.29. The van der Waals surface area contributed by atoms with Gasteiger partial charge in [0.2, 0.25) is 0 Å². The highest BCUT2D eigenvalue weighted by Crippen LogP contribution is 2.31. The first-order chi connectivity index (χ1) is 10.0. The van der Waals surface area contributed by atoms with E-state index in [0.717, 1.165) is 27.6 Å². The quantitative estimate of drug-likeness (QED) is 0.759. The van der Waals surface area contributed by atoms with Crippen molar-refractivity contribution in [2.75, 3.05) is 13.2 Å². The minimum absolute atomic E-state index is 0.0301. The first-order valence-electron chi connectivity index (χ1n) is 7.08. The van der Waals surface area contributed by atoms with Crippen molar-refractivity contribution in [2.45, 2.75) is 33.2 Å². The monoisotopic (exact) mass is 291 g/mol. The second kappa shape index (κ2) is 6.28. The molecule has 3 N–H and O–H groups in total. The molecule has 5 heteroatoms. The van der Waals surface area contributed by atoms with Gasteiger partial charge in [0, 0.05) is 24.7 Å². The summed E-state index contributed by atoms with van der Waals surface area (Å²) in [6.07, 6.45) is 3.28. The SMILES string of the molecule is Cc1c(C(=O)O)cc(C)c2c1c(CCCO)cn2CCO. The largest absolute Gasteiger partial charge is 0.478 e. The van der Waals surface area contributed by atoms with Crippen LogP contribution in [0.25, 0.3) is 10.9 Å². The molecular weight excluding hydrogens is 270 g/mol. The Labute approximate surface area is 123 Å². The first kappa shape index (κ1) is 15.5. The molecule has 0 fully saturated rings. The lowest BCUT2D eigenvalue weighted by Gasteiger charge is -2.10. The third kappa shape index (κ3) is 2.80. The van der Waals surface area contributed by atoms with Gasteiger partial charge in [-0.2, -0.15) is 0 Å². The Morgan fingerprint density at radius 1 is 1.24 bits per heavy atom. The van der Waals surface area contributed by atoms with Gasteiger partial charge in [-0.25, -0.2) is 4.79 Å². The van der Waals surface area contributed by atoms with Crippen molar-refractivity contribution in [2.24, 2.45) is 0 Å². The van der Waals surface area contributed by atoms with Gasteiger partial charge in [0.1, 0.15) is 0 Å². The Morgan fingerprint density at radius 2 is 1.95 bits per heavy atom. The number of aromatic nitrogens is 1. The van der Waals surface area contributed by atoms with E-state index < -0.39 is 5.97 Å². The molecule has 2 rings (SSSR count). The van der Waals surface area contributed by atoms with Crippen LogP contribution in [0.15, 0.2) is 12.3 Å². The molecule has 0 aliphatic carbocycles. The van der Waals surface area contributed by atoms with Gasteiger partial charge in [-0.15, -0.1) is 0 Å². The van der Waals surface area contributed by atoms with Crippen LogP contribution in [0, 0.1) is 13.8 Å². The van der Waals surface area contributed by atoms with E-state index >= 15 is 0 Å². The van der Waals surface area contributed by atoms with E-state index in [2.05, 4.69) is 0 Å². The smallest absolute Gasteiger partial charge is 0.335 e. The summed E-state index contributed by atoms with van der Waals surface area (Å²) < 4.78 is 1.97. The highest BCUT2D eigenvalue weighted by atomic mass is 16.4. The zero-order valence-electron chi connectivity index (χ0n) is 12.4. The molecule has 0 spiro atoms. The lowest BCUT2D eigenvalue weighted by molar-refractivity contribution is 0.0696. The number of carbonyl (C=O) groups is 1. The normalized spacial score (nSPS) is 11.2. The van der Waals surface area contributed by atoms with Crippen molar-refractivity contribution in [3.8, 4) is 0 Å². The molecular formula is C16H21NO4. The molecule has 2 aromatic rings. The molecule has 114 valence electrons. The number of carboxylic acid groups (broad SMARTS) is 1. The van der Waals surface area contributed by atoms with E-state index in [1.807, 2.05) is 24.6 Å². The second-order valence-electron chi connectivity index (χ2n) is 5.29. The van der Waals surface area contributed by atoms with Crippen LogP contribution < -0.4 is 0 Å².